The molecule has 35 heavy (non-hydrogen) atoms. The topological polar surface area (TPSA) is 80.8 Å². The van der Waals surface area contributed by atoms with Gasteiger partial charge in [0, 0.05) is 15.6 Å². The van der Waals surface area contributed by atoms with Gasteiger partial charge in [-0.1, -0.05) is 57.9 Å². The van der Waals surface area contributed by atoms with E-state index < -0.39 is 52.7 Å². The van der Waals surface area contributed by atoms with Gasteiger partial charge in [-0.25, -0.2) is 9.29 Å². The molecule has 6 rings (SSSR count). The van der Waals surface area contributed by atoms with Crippen LogP contribution in [0.25, 0.3) is 0 Å². The average Bonchev–Trinajstić information content (AvgIpc) is 3.42. The van der Waals surface area contributed by atoms with Gasteiger partial charge >= 0.3 is 0 Å². The van der Waals surface area contributed by atoms with Gasteiger partial charge in [0.2, 0.25) is 29.0 Å². The first kappa shape index (κ1) is 22.3. The van der Waals surface area contributed by atoms with Gasteiger partial charge in [0.15, 0.2) is 0 Å². The Balaban J connectivity index is 1.55. The lowest BCUT2D eigenvalue weighted by atomic mass is 9.77. The number of anilines is 1. The van der Waals surface area contributed by atoms with Crippen molar-refractivity contribution in [1.29, 1.82) is 0 Å². The van der Waals surface area contributed by atoms with Gasteiger partial charge < -0.3 is 4.74 Å². The Morgan fingerprint density at radius 3 is 2.11 bits per heavy atom. The molecule has 1 aliphatic carbocycles. The highest BCUT2D eigenvalue weighted by molar-refractivity contribution is 9.10. The summed E-state index contributed by atoms with van der Waals surface area (Å²) in [5.74, 6) is -5.89. The standard InChI is InChI=1S/C26H14BrClFNO5/c27-13-6-8-14(9-7-13)30-24(33)19-20(25(30)34)26(22(31)15-3-1-2-4-16(15)23(26)32)35-21(19)12-5-10-18(29)17(28)11-12/h1-11,19-21H. The zero-order valence-electron chi connectivity index (χ0n) is 17.7. The molecule has 3 aromatic carbocycles. The molecule has 2 heterocycles. The molecule has 3 aromatic rings. The lowest BCUT2D eigenvalue weighted by Crippen LogP contribution is -2.51. The molecule has 2 fully saturated rings. The number of ether oxygens (including phenoxy) is 1. The Labute approximate surface area is 211 Å². The number of halogens is 3. The van der Waals surface area contributed by atoms with Crippen LogP contribution >= 0.6 is 27.5 Å². The number of fused-ring (bicyclic) bond motifs is 3. The molecular weight excluding hydrogens is 541 g/mol. The number of hydrogen-bond donors (Lipinski definition) is 0. The van der Waals surface area contributed by atoms with E-state index >= 15 is 0 Å². The van der Waals surface area contributed by atoms with Crippen LogP contribution in [-0.4, -0.2) is 29.0 Å². The summed E-state index contributed by atoms with van der Waals surface area (Å²) >= 11 is 9.32. The molecular formula is C26H14BrClFNO5. The van der Waals surface area contributed by atoms with Gasteiger partial charge in [-0.2, -0.15) is 0 Å². The van der Waals surface area contributed by atoms with E-state index in [9.17, 15) is 23.6 Å². The van der Waals surface area contributed by atoms with Crippen molar-refractivity contribution in [3.05, 3.63) is 98.7 Å². The van der Waals surface area contributed by atoms with Crippen molar-refractivity contribution >= 4 is 56.6 Å². The van der Waals surface area contributed by atoms with E-state index in [1.54, 1.807) is 36.4 Å². The van der Waals surface area contributed by atoms with Crippen molar-refractivity contribution in [3.8, 4) is 0 Å². The van der Waals surface area contributed by atoms with E-state index in [0.29, 0.717) is 11.3 Å². The van der Waals surface area contributed by atoms with Crippen LogP contribution in [0.5, 0.6) is 0 Å². The smallest absolute Gasteiger partial charge is 0.241 e. The van der Waals surface area contributed by atoms with Crippen LogP contribution in [0.2, 0.25) is 5.02 Å². The summed E-state index contributed by atoms with van der Waals surface area (Å²) in [6, 6.07) is 16.5. The Hall–Kier alpha value is -3.20. The molecule has 3 unspecified atom stereocenters. The first-order chi connectivity index (χ1) is 16.8. The maximum atomic E-state index is 13.9. The van der Waals surface area contributed by atoms with Crippen molar-refractivity contribution in [1.82, 2.24) is 0 Å². The summed E-state index contributed by atoms with van der Waals surface area (Å²) in [5.41, 5.74) is -1.33. The predicted octanol–water partition coefficient (Wildman–Crippen LogP) is 4.94. The SMILES string of the molecule is O=C1C2C(c3ccc(F)c(Cl)c3)OC3(C(=O)c4ccccc4C3=O)C2C(=O)N1c1ccc(Br)cc1. The van der Waals surface area contributed by atoms with Crippen molar-refractivity contribution in [2.75, 3.05) is 4.90 Å². The highest BCUT2D eigenvalue weighted by atomic mass is 79.9. The second-order valence-corrected chi connectivity index (χ2v) is 9.97. The van der Waals surface area contributed by atoms with Crippen molar-refractivity contribution in [3.63, 3.8) is 0 Å². The number of amides is 2. The molecule has 0 N–H and O–H groups in total. The van der Waals surface area contributed by atoms with Crippen LogP contribution in [0.4, 0.5) is 10.1 Å². The normalized spacial score (nSPS) is 24.4. The minimum Gasteiger partial charge on any atom is -0.349 e. The number of nitrogens with zero attached hydrogens (tertiary/aromatic N) is 1. The van der Waals surface area contributed by atoms with E-state index in [1.807, 2.05) is 0 Å². The molecule has 0 saturated carbocycles. The third-order valence-electron chi connectivity index (χ3n) is 6.88. The number of hydrogen-bond acceptors (Lipinski definition) is 5. The summed E-state index contributed by atoms with van der Waals surface area (Å²) in [4.78, 5) is 55.9. The summed E-state index contributed by atoms with van der Waals surface area (Å²) in [6.07, 6.45) is -1.17. The van der Waals surface area contributed by atoms with Crippen molar-refractivity contribution in [2.24, 2.45) is 11.8 Å². The second-order valence-electron chi connectivity index (χ2n) is 8.64. The minimum atomic E-state index is -2.20. The molecule has 9 heteroatoms. The van der Waals surface area contributed by atoms with Crippen LogP contribution in [0, 0.1) is 17.7 Å². The molecule has 1 spiro atoms. The minimum absolute atomic E-state index is 0.136. The van der Waals surface area contributed by atoms with Gasteiger partial charge in [0.1, 0.15) is 5.82 Å². The van der Waals surface area contributed by atoms with Gasteiger partial charge in [-0.3, -0.25) is 19.2 Å². The Morgan fingerprint density at radius 2 is 1.51 bits per heavy atom. The molecule has 2 amide bonds. The number of rotatable bonds is 2. The lowest BCUT2D eigenvalue weighted by Gasteiger charge is -2.27. The van der Waals surface area contributed by atoms with Crippen LogP contribution in [0.15, 0.2) is 71.2 Å². The zero-order valence-corrected chi connectivity index (χ0v) is 20.0. The van der Waals surface area contributed by atoms with Gasteiger partial charge in [0.25, 0.3) is 0 Å². The van der Waals surface area contributed by atoms with Crippen LogP contribution in [0.1, 0.15) is 32.4 Å². The number of benzene rings is 3. The molecule has 0 bridgehead atoms. The van der Waals surface area contributed by atoms with E-state index in [0.717, 1.165) is 15.4 Å². The summed E-state index contributed by atoms with van der Waals surface area (Å²) in [5, 5.41) is -0.211. The zero-order chi connectivity index (χ0) is 24.6. The van der Waals surface area contributed by atoms with Gasteiger partial charge in [-0.15, -0.1) is 0 Å². The molecule has 174 valence electrons. The predicted molar refractivity (Wildman–Crippen MR) is 127 cm³/mol. The number of carbonyl (C=O) groups is 4. The summed E-state index contributed by atoms with van der Waals surface area (Å²) < 4.78 is 20.8. The van der Waals surface area contributed by atoms with Gasteiger partial charge in [0.05, 0.1) is 28.6 Å². The first-order valence-corrected chi connectivity index (χ1v) is 11.9. The molecule has 3 atom stereocenters. The van der Waals surface area contributed by atoms with Crippen molar-refractivity contribution < 1.29 is 28.3 Å². The summed E-state index contributed by atoms with van der Waals surface area (Å²) in [7, 11) is 0. The van der Waals surface area contributed by atoms with E-state index in [1.165, 1.54) is 24.3 Å². The van der Waals surface area contributed by atoms with Crippen molar-refractivity contribution in [2.45, 2.75) is 11.7 Å². The van der Waals surface area contributed by atoms with Crippen LogP contribution in [0.3, 0.4) is 0 Å². The fourth-order valence-corrected chi connectivity index (χ4v) is 5.81. The Bertz CT molecular complexity index is 1440. The fourth-order valence-electron chi connectivity index (χ4n) is 5.35. The molecule has 2 aliphatic heterocycles. The highest BCUT2D eigenvalue weighted by Gasteiger charge is 2.74. The van der Waals surface area contributed by atoms with Crippen LogP contribution in [-0.2, 0) is 14.3 Å². The van der Waals surface area contributed by atoms with E-state index in [2.05, 4.69) is 15.9 Å². The lowest BCUT2D eigenvalue weighted by molar-refractivity contribution is -0.127. The first-order valence-electron chi connectivity index (χ1n) is 10.7. The second kappa shape index (κ2) is 7.65. The fraction of sp³-hybridized carbons (Fsp3) is 0.154. The maximum absolute atomic E-state index is 13.9. The molecule has 3 aliphatic rings. The number of carbonyl (C=O) groups excluding carboxylic acids is 4. The average molecular weight is 555 g/mol. The van der Waals surface area contributed by atoms with Crippen LogP contribution < -0.4 is 4.90 Å². The highest BCUT2D eigenvalue weighted by Crippen LogP contribution is 2.57. The van der Waals surface area contributed by atoms with Gasteiger partial charge in [-0.05, 0) is 42.0 Å². The largest absolute Gasteiger partial charge is 0.349 e. The third kappa shape index (κ3) is 2.90. The number of ketones is 2. The monoisotopic (exact) mass is 553 g/mol. The Kier molecular flexibility index (Phi) is 4.87. The molecule has 0 aromatic heterocycles. The summed E-state index contributed by atoms with van der Waals surface area (Å²) in [6.45, 7) is 0. The van der Waals surface area contributed by atoms with E-state index in [-0.39, 0.29) is 16.1 Å². The molecule has 2 saturated heterocycles. The molecule has 0 radical (unpaired) electrons. The van der Waals surface area contributed by atoms with E-state index in [4.69, 9.17) is 16.3 Å². The third-order valence-corrected chi connectivity index (χ3v) is 7.69. The number of Topliss-reactive ketones (excluding diaryl/α,β-unsaturated/α-hetero) is 2. The quantitative estimate of drug-likeness (QED) is 0.331. The maximum Gasteiger partial charge on any atom is 0.241 e. The number of imide groups is 1. The Morgan fingerprint density at radius 1 is 0.886 bits per heavy atom. The molecule has 6 nitrogen and oxygen atoms in total.